The first kappa shape index (κ1) is 24.4. The maximum absolute atomic E-state index is 12.4. The molecule has 0 aromatic heterocycles. The molecule has 0 radical (unpaired) electrons. The van der Waals surface area contributed by atoms with E-state index in [4.69, 9.17) is 18.9 Å². The molecule has 0 aromatic rings. The fourth-order valence-electron chi connectivity index (χ4n) is 3.34. The molecular weight excluding hydrogens is 364 g/mol. The standard InChI is InChI=1S/C21H36O7/c1-15(2)11-21(5,16(3)4)20(24)26-13-18(22)25-12-19(23)28-14-27-17-9-7-6-8-10-17/h15-17H,6-14H2,1-5H3. The Kier molecular flexibility index (Phi) is 10.5. The van der Waals surface area contributed by atoms with Gasteiger partial charge in [-0.1, -0.05) is 47.0 Å². The van der Waals surface area contributed by atoms with E-state index in [1.165, 1.54) is 6.42 Å². The lowest BCUT2D eigenvalue weighted by atomic mass is 9.73. The Morgan fingerprint density at radius 1 is 0.893 bits per heavy atom. The molecule has 1 unspecified atom stereocenters. The number of esters is 3. The second kappa shape index (κ2) is 12.0. The van der Waals surface area contributed by atoms with Gasteiger partial charge < -0.3 is 18.9 Å². The summed E-state index contributed by atoms with van der Waals surface area (Å²) >= 11 is 0. The molecule has 0 amide bonds. The Bertz CT molecular complexity index is 509. The van der Waals surface area contributed by atoms with E-state index in [0.29, 0.717) is 12.3 Å². The van der Waals surface area contributed by atoms with Crippen LogP contribution < -0.4 is 0 Å². The lowest BCUT2D eigenvalue weighted by Gasteiger charge is -2.32. The van der Waals surface area contributed by atoms with Crippen LogP contribution in [0.3, 0.4) is 0 Å². The van der Waals surface area contributed by atoms with E-state index in [1.807, 2.05) is 34.6 Å². The highest BCUT2D eigenvalue weighted by atomic mass is 16.7. The summed E-state index contributed by atoms with van der Waals surface area (Å²) in [4.78, 5) is 35.8. The second-order valence-electron chi connectivity index (χ2n) is 8.47. The van der Waals surface area contributed by atoms with Crippen molar-refractivity contribution in [2.75, 3.05) is 20.0 Å². The molecular formula is C21H36O7. The molecule has 1 atom stereocenters. The Labute approximate surface area is 168 Å². The predicted molar refractivity (Wildman–Crippen MR) is 103 cm³/mol. The second-order valence-corrected chi connectivity index (χ2v) is 8.47. The molecule has 0 saturated heterocycles. The molecule has 1 aliphatic carbocycles. The van der Waals surface area contributed by atoms with Crippen LogP contribution in [0.5, 0.6) is 0 Å². The fourth-order valence-corrected chi connectivity index (χ4v) is 3.34. The third-order valence-corrected chi connectivity index (χ3v) is 5.32. The van der Waals surface area contributed by atoms with Gasteiger partial charge in [-0.25, -0.2) is 9.59 Å². The average molecular weight is 401 g/mol. The number of hydrogen-bond donors (Lipinski definition) is 0. The van der Waals surface area contributed by atoms with Crippen molar-refractivity contribution >= 4 is 17.9 Å². The van der Waals surface area contributed by atoms with Gasteiger partial charge in [-0.3, -0.25) is 4.79 Å². The van der Waals surface area contributed by atoms with E-state index in [9.17, 15) is 14.4 Å². The molecule has 0 aliphatic heterocycles. The largest absolute Gasteiger partial charge is 0.453 e. The number of carbonyl (C=O) groups is 3. The van der Waals surface area contributed by atoms with Gasteiger partial charge in [0.05, 0.1) is 11.5 Å². The highest BCUT2D eigenvalue weighted by Crippen LogP contribution is 2.35. The van der Waals surface area contributed by atoms with Gasteiger partial charge in [0.25, 0.3) is 0 Å². The Morgan fingerprint density at radius 2 is 1.46 bits per heavy atom. The molecule has 1 aliphatic rings. The topological polar surface area (TPSA) is 88.1 Å². The van der Waals surface area contributed by atoms with Crippen molar-refractivity contribution in [2.24, 2.45) is 17.3 Å². The summed E-state index contributed by atoms with van der Waals surface area (Å²) in [6.45, 7) is 8.62. The van der Waals surface area contributed by atoms with Gasteiger partial charge in [-0.2, -0.15) is 0 Å². The molecule has 0 aromatic carbocycles. The van der Waals surface area contributed by atoms with Crippen LogP contribution in [0.15, 0.2) is 0 Å². The van der Waals surface area contributed by atoms with Crippen LogP contribution in [0.4, 0.5) is 0 Å². The average Bonchev–Trinajstić information content (AvgIpc) is 2.64. The number of rotatable bonds is 11. The van der Waals surface area contributed by atoms with Crippen molar-refractivity contribution in [1.82, 2.24) is 0 Å². The minimum absolute atomic E-state index is 0.0672. The van der Waals surface area contributed by atoms with Gasteiger partial charge in [-0.15, -0.1) is 0 Å². The minimum Gasteiger partial charge on any atom is -0.453 e. The third-order valence-electron chi connectivity index (χ3n) is 5.32. The third kappa shape index (κ3) is 8.59. The lowest BCUT2D eigenvalue weighted by molar-refractivity contribution is -0.175. The summed E-state index contributed by atoms with van der Waals surface area (Å²) in [5.74, 6) is -1.52. The Balaban J connectivity index is 2.25. The summed E-state index contributed by atoms with van der Waals surface area (Å²) in [7, 11) is 0. The van der Waals surface area contributed by atoms with Crippen molar-refractivity contribution in [1.29, 1.82) is 0 Å². The van der Waals surface area contributed by atoms with E-state index in [0.717, 1.165) is 25.7 Å². The Hall–Kier alpha value is -1.63. The van der Waals surface area contributed by atoms with E-state index < -0.39 is 36.5 Å². The van der Waals surface area contributed by atoms with Gasteiger partial charge in [0.15, 0.2) is 20.0 Å². The first-order chi connectivity index (χ1) is 13.1. The molecule has 7 heteroatoms. The van der Waals surface area contributed by atoms with Crippen LogP contribution in [0, 0.1) is 17.3 Å². The first-order valence-corrected chi connectivity index (χ1v) is 10.2. The van der Waals surface area contributed by atoms with E-state index >= 15 is 0 Å². The van der Waals surface area contributed by atoms with Gasteiger partial charge in [0.1, 0.15) is 0 Å². The summed E-state index contributed by atoms with van der Waals surface area (Å²) in [5, 5.41) is 0. The van der Waals surface area contributed by atoms with Crippen molar-refractivity contribution in [3.8, 4) is 0 Å². The zero-order valence-electron chi connectivity index (χ0n) is 18.0. The number of ether oxygens (including phenoxy) is 4. The van der Waals surface area contributed by atoms with Crippen molar-refractivity contribution in [2.45, 2.75) is 79.2 Å². The molecule has 1 fully saturated rings. The van der Waals surface area contributed by atoms with E-state index in [2.05, 4.69) is 0 Å². The van der Waals surface area contributed by atoms with Crippen LogP contribution in [0.2, 0.25) is 0 Å². The summed E-state index contributed by atoms with van der Waals surface area (Å²) in [6.07, 6.45) is 6.21. The smallest absolute Gasteiger partial charge is 0.346 e. The Morgan fingerprint density at radius 3 is 2.04 bits per heavy atom. The molecule has 0 bridgehead atoms. The fraction of sp³-hybridized carbons (Fsp3) is 0.857. The molecule has 0 N–H and O–H groups in total. The maximum atomic E-state index is 12.4. The van der Waals surface area contributed by atoms with Gasteiger partial charge >= 0.3 is 17.9 Å². The van der Waals surface area contributed by atoms with Gasteiger partial charge in [0.2, 0.25) is 0 Å². The highest BCUT2D eigenvalue weighted by molar-refractivity contribution is 5.81. The summed E-state index contributed by atoms with van der Waals surface area (Å²) in [5.41, 5.74) is -0.677. The summed E-state index contributed by atoms with van der Waals surface area (Å²) < 4.78 is 20.3. The predicted octanol–water partition coefficient (Wildman–Crippen LogP) is 3.63. The van der Waals surface area contributed by atoms with Crippen LogP contribution >= 0.6 is 0 Å². The van der Waals surface area contributed by atoms with Crippen LogP contribution in [0.1, 0.15) is 73.1 Å². The summed E-state index contributed by atoms with van der Waals surface area (Å²) in [6, 6.07) is 0. The van der Waals surface area contributed by atoms with E-state index in [-0.39, 0.29) is 18.8 Å². The molecule has 28 heavy (non-hydrogen) atoms. The SMILES string of the molecule is CC(C)CC(C)(C(=O)OCC(=O)OCC(=O)OCOC1CCCCC1)C(C)C. The molecule has 0 heterocycles. The van der Waals surface area contributed by atoms with Gasteiger partial charge in [0, 0.05) is 0 Å². The zero-order valence-corrected chi connectivity index (χ0v) is 18.0. The molecule has 1 saturated carbocycles. The van der Waals surface area contributed by atoms with E-state index in [1.54, 1.807) is 0 Å². The number of hydrogen-bond acceptors (Lipinski definition) is 7. The highest BCUT2D eigenvalue weighted by Gasteiger charge is 2.39. The molecule has 7 nitrogen and oxygen atoms in total. The molecule has 162 valence electrons. The van der Waals surface area contributed by atoms with Gasteiger partial charge in [-0.05, 0) is 38.0 Å². The van der Waals surface area contributed by atoms with Crippen LogP contribution in [-0.4, -0.2) is 44.0 Å². The first-order valence-electron chi connectivity index (χ1n) is 10.2. The van der Waals surface area contributed by atoms with Crippen LogP contribution in [0.25, 0.3) is 0 Å². The number of carbonyl (C=O) groups excluding carboxylic acids is 3. The molecule has 0 spiro atoms. The monoisotopic (exact) mass is 400 g/mol. The maximum Gasteiger partial charge on any atom is 0.346 e. The molecule has 1 rings (SSSR count). The minimum atomic E-state index is -0.783. The van der Waals surface area contributed by atoms with Crippen molar-refractivity contribution < 1.29 is 33.3 Å². The van der Waals surface area contributed by atoms with Crippen molar-refractivity contribution in [3.63, 3.8) is 0 Å². The van der Waals surface area contributed by atoms with Crippen molar-refractivity contribution in [3.05, 3.63) is 0 Å². The lowest BCUT2D eigenvalue weighted by Crippen LogP contribution is -2.37. The van der Waals surface area contributed by atoms with Crippen LogP contribution in [-0.2, 0) is 33.3 Å². The zero-order chi connectivity index (χ0) is 21.2. The normalized spacial score (nSPS) is 17.2. The quantitative estimate of drug-likeness (QED) is 0.297.